The molecule has 1 amide bonds. The Morgan fingerprint density at radius 3 is 2.76 bits per heavy atom. The van der Waals surface area contributed by atoms with E-state index in [9.17, 15) is 22.8 Å². The van der Waals surface area contributed by atoms with Gasteiger partial charge in [-0.1, -0.05) is 32.3 Å². The molecule has 1 saturated heterocycles. The minimum atomic E-state index is -4.86. The van der Waals surface area contributed by atoms with E-state index in [1.54, 1.807) is 24.3 Å². The van der Waals surface area contributed by atoms with Gasteiger partial charge in [0.1, 0.15) is 24.7 Å². The molecule has 1 fully saturated rings. The molecular weight excluding hydrogens is 505 g/mol. The van der Waals surface area contributed by atoms with Gasteiger partial charge in [-0.15, -0.1) is 0 Å². The molecule has 1 atom stereocenters. The smallest absolute Gasteiger partial charge is 0.423 e. The number of aromatic nitrogens is 2. The Bertz CT molecular complexity index is 1160. The minimum Gasteiger partial charge on any atom is -0.491 e. The summed E-state index contributed by atoms with van der Waals surface area (Å²) in [6.07, 6.45) is -1.39. The maximum atomic E-state index is 14.1. The third kappa shape index (κ3) is 7.93. The number of carbonyl (C=O) groups excluding carboxylic acids is 1. The van der Waals surface area contributed by atoms with Gasteiger partial charge in [0.05, 0.1) is 17.9 Å². The zero-order valence-electron chi connectivity index (χ0n) is 21.3. The number of nitrogens with zero attached hydrogens (tertiary/aromatic N) is 3. The lowest BCUT2D eigenvalue weighted by molar-refractivity contribution is -0.138. The van der Waals surface area contributed by atoms with Gasteiger partial charge >= 0.3 is 6.18 Å². The molecule has 0 unspecified atom stereocenters. The lowest BCUT2D eigenvalue weighted by Gasteiger charge is -2.29. The van der Waals surface area contributed by atoms with Crippen LogP contribution >= 0.6 is 0 Å². The molecule has 1 aromatic heterocycles. The van der Waals surface area contributed by atoms with Crippen LogP contribution in [0.4, 0.5) is 24.5 Å². The highest BCUT2D eigenvalue weighted by atomic mass is 28.3. The number of nitrogens with one attached hydrogen (secondary N) is 1. The molecule has 1 aromatic carbocycles. The molecule has 1 aliphatic rings. The van der Waals surface area contributed by atoms with Crippen molar-refractivity contribution < 1.29 is 27.4 Å². The fourth-order valence-corrected chi connectivity index (χ4v) is 4.72. The number of benzene rings is 1. The number of hydrogen-bond donors (Lipinski definition) is 1. The second-order valence-electron chi connectivity index (χ2n) is 10.1. The molecule has 0 spiro atoms. The molecule has 37 heavy (non-hydrogen) atoms. The van der Waals surface area contributed by atoms with E-state index in [0.717, 1.165) is 23.0 Å². The standard InChI is InChI=1S/C25H33F3N4O4Si/c1-5-22(33)30-18-8-6-10-20(14-18)36-16-19-9-7-11-31(19)21-15-29-32(17-35-12-13-37(2,3)4)24(34)23(21)25(26,27)28/h5-6,8,10,14-15,19H,1,7,9,11-13,16-17H2,2-4H3,(H,30,33)/t19-/m0/s1. The highest BCUT2D eigenvalue weighted by molar-refractivity contribution is 6.76. The third-order valence-corrected chi connectivity index (χ3v) is 7.64. The zero-order chi connectivity index (χ0) is 27.2. The zero-order valence-corrected chi connectivity index (χ0v) is 22.3. The maximum Gasteiger partial charge on any atom is 0.423 e. The first kappa shape index (κ1) is 28.4. The summed E-state index contributed by atoms with van der Waals surface area (Å²) in [5.41, 5.74) is -2.23. The molecule has 0 aliphatic carbocycles. The molecule has 3 rings (SSSR count). The van der Waals surface area contributed by atoms with Crippen LogP contribution in [0.1, 0.15) is 18.4 Å². The summed E-state index contributed by atoms with van der Waals surface area (Å²) in [6, 6.07) is 7.11. The monoisotopic (exact) mass is 538 g/mol. The average Bonchev–Trinajstić information content (AvgIpc) is 3.28. The molecular formula is C25H33F3N4O4Si. The Labute approximate surface area is 215 Å². The molecule has 1 N–H and O–H groups in total. The summed E-state index contributed by atoms with van der Waals surface area (Å²) in [7, 11) is -1.38. The van der Waals surface area contributed by atoms with Crippen LogP contribution < -0.4 is 20.5 Å². The van der Waals surface area contributed by atoms with E-state index >= 15 is 0 Å². The van der Waals surface area contributed by atoms with Crippen LogP contribution in [0.3, 0.4) is 0 Å². The van der Waals surface area contributed by atoms with Crippen molar-refractivity contribution in [1.29, 1.82) is 0 Å². The van der Waals surface area contributed by atoms with Crippen molar-refractivity contribution in [3.8, 4) is 5.75 Å². The molecule has 0 bridgehead atoms. The Balaban J connectivity index is 1.76. The number of ether oxygens (including phenoxy) is 2. The Hall–Kier alpha value is -3.12. The van der Waals surface area contributed by atoms with Crippen molar-refractivity contribution in [2.75, 3.05) is 30.0 Å². The molecule has 8 nitrogen and oxygen atoms in total. The van der Waals surface area contributed by atoms with E-state index in [-0.39, 0.29) is 24.9 Å². The second-order valence-corrected chi connectivity index (χ2v) is 15.7. The van der Waals surface area contributed by atoms with Gasteiger partial charge in [-0.3, -0.25) is 9.59 Å². The lowest BCUT2D eigenvalue weighted by atomic mass is 10.2. The van der Waals surface area contributed by atoms with Gasteiger partial charge in [0.25, 0.3) is 5.56 Å². The summed E-state index contributed by atoms with van der Waals surface area (Å²) in [4.78, 5) is 25.9. The van der Waals surface area contributed by atoms with Crippen LogP contribution in [-0.4, -0.2) is 49.6 Å². The van der Waals surface area contributed by atoms with Gasteiger partial charge in [-0.2, -0.15) is 18.3 Å². The average molecular weight is 539 g/mol. The van der Waals surface area contributed by atoms with Gasteiger partial charge in [0, 0.05) is 33.0 Å². The summed E-state index contributed by atoms with van der Waals surface area (Å²) in [5.74, 6) is 0.0799. The predicted octanol–water partition coefficient (Wildman–Crippen LogP) is 4.75. The Kier molecular flexibility index (Phi) is 9.19. The van der Waals surface area contributed by atoms with Gasteiger partial charge < -0.3 is 19.7 Å². The van der Waals surface area contributed by atoms with Crippen molar-refractivity contribution in [1.82, 2.24) is 9.78 Å². The Morgan fingerprint density at radius 1 is 1.32 bits per heavy atom. The normalized spacial score (nSPS) is 16.1. The number of halogens is 3. The van der Waals surface area contributed by atoms with Crippen LogP contribution in [-0.2, 0) is 22.4 Å². The maximum absolute atomic E-state index is 14.1. The van der Waals surface area contributed by atoms with Crippen LogP contribution in [0, 0.1) is 0 Å². The third-order valence-electron chi connectivity index (χ3n) is 5.93. The topological polar surface area (TPSA) is 85.7 Å². The van der Waals surface area contributed by atoms with E-state index in [4.69, 9.17) is 9.47 Å². The van der Waals surface area contributed by atoms with Gasteiger partial charge in [0.15, 0.2) is 0 Å². The minimum absolute atomic E-state index is 0.0963. The molecule has 1 aliphatic heterocycles. The van der Waals surface area contributed by atoms with Crippen molar-refractivity contribution in [2.24, 2.45) is 0 Å². The first-order chi connectivity index (χ1) is 17.4. The van der Waals surface area contributed by atoms with Crippen LogP contribution in [0.25, 0.3) is 0 Å². The highest BCUT2D eigenvalue weighted by Gasteiger charge is 2.41. The fraction of sp³-hybridized carbons (Fsp3) is 0.480. The van der Waals surface area contributed by atoms with E-state index < -0.39 is 31.4 Å². The molecule has 0 saturated carbocycles. The van der Waals surface area contributed by atoms with Crippen molar-refractivity contribution in [3.63, 3.8) is 0 Å². The van der Waals surface area contributed by atoms with E-state index in [1.807, 2.05) is 0 Å². The number of hydrogen-bond acceptors (Lipinski definition) is 6. The summed E-state index contributed by atoms with van der Waals surface area (Å²) in [6.45, 7) is 10.3. The largest absolute Gasteiger partial charge is 0.491 e. The highest BCUT2D eigenvalue weighted by Crippen LogP contribution is 2.36. The van der Waals surface area contributed by atoms with E-state index in [2.05, 4.69) is 36.6 Å². The Morgan fingerprint density at radius 2 is 2.08 bits per heavy atom. The molecule has 2 heterocycles. The lowest BCUT2D eigenvalue weighted by Crippen LogP contribution is -2.40. The summed E-state index contributed by atoms with van der Waals surface area (Å²) in [5, 5.41) is 6.62. The van der Waals surface area contributed by atoms with Gasteiger partial charge in [0.2, 0.25) is 5.91 Å². The SMILES string of the molecule is C=CC(=O)Nc1cccc(OC[C@@H]2CCCN2c2cnn(COCC[Si](C)(C)C)c(=O)c2C(F)(F)F)c1. The molecule has 12 heteroatoms. The van der Waals surface area contributed by atoms with E-state index in [1.165, 1.54) is 4.90 Å². The first-order valence-electron chi connectivity index (χ1n) is 12.1. The molecule has 2 aromatic rings. The van der Waals surface area contributed by atoms with Crippen LogP contribution in [0.2, 0.25) is 25.7 Å². The van der Waals surface area contributed by atoms with Gasteiger partial charge in [-0.25, -0.2) is 4.68 Å². The predicted molar refractivity (Wildman–Crippen MR) is 139 cm³/mol. The number of anilines is 2. The first-order valence-corrected chi connectivity index (χ1v) is 15.8. The van der Waals surface area contributed by atoms with Crippen molar-refractivity contribution in [2.45, 2.75) is 57.5 Å². The number of carbonyl (C=O) groups is 1. The molecule has 202 valence electrons. The number of rotatable bonds is 11. The second kappa shape index (κ2) is 11.9. The van der Waals surface area contributed by atoms with E-state index in [0.29, 0.717) is 37.4 Å². The van der Waals surface area contributed by atoms with Gasteiger partial charge in [-0.05, 0) is 37.1 Å². The molecule has 0 radical (unpaired) electrons. The fourth-order valence-electron chi connectivity index (χ4n) is 3.96. The number of amides is 1. The van der Waals surface area contributed by atoms with Crippen LogP contribution in [0.5, 0.6) is 5.75 Å². The van der Waals surface area contributed by atoms with Crippen LogP contribution in [0.15, 0.2) is 47.9 Å². The summed E-state index contributed by atoms with van der Waals surface area (Å²) < 4.78 is 54.2. The number of alkyl halides is 3. The quantitative estimate of drug-likeness (QED) is 0.253. The van der Waals surface area contributed by atoms with Crippen molar-refractivity contribution >= 4 is 25.4 Å². The summed E-state index contributed by atoms with van der Waals surface area (Å²) >= 11 is 0. The van der Waals surface area contributed by atoms with Crippen molar-refractivity contribution in [3.05, 3.63) is 59.0 Å².